The molecule has 0 aromatic carbocycles. The Bertz CT molecular complexity index is 650. The van der Waals surface area contributed by atoms with Crippen LogP contribution in [-0.4, -0.2) is 39.8 Å². The van der Waals surface area contributed by atoms with E-state index in [9.17, 15) is 0 Å². The van der Waals surface area contributed by atoms with Gasteiger partial charge in [0, 0.05) is 44.0 Å². The Balaban J connectivity index is 1.72. The SMILES string of the molecule is Cc1noc(C)c1CN1CCc2[nH]cnc2C12CCOCC2. The predicted molar refractivity (Wildman–Crippen MR) is 80.4 cm³/mol. The van der Waals surface area contributed by atoms with Crippen LogP contribution in [0.1, 0.15) is 41.2 Å². The second-order valence-corrected chi connectivity index (χ2v) is 6.35. The molecule has 4 heterocycles. The first-order valence-corrected chi connectivity index (χ1v) is 7.98. The molecule has 0 aliphatic carbocycles. The molecule has 4 rings (SSSR count). The Morgan fingerprint density at radius 3 is 2.86 bits per heavy atom. The van der Waals surface area contributed by atoms with Crippen LogP contribution < -0.4 is 0 Å². The van der Waals surface area contributed by atoms with Gasteiger partial charge in [-0.1, -0.05) is 5.16 Å². The summed E-state index contributed by atoms with van der Waals surface area (Å²) >= 11 is 0. The van der Waals surface area contributed by atoms with Crippen molar-refractivity contribution in [2.75, 3.05) is 19.8 Å². The lowest BCUT2D eigenvalue weighted by atomic mass is 9.80. The molecule has 1 saturated heterocycles. The van der Waals surface area contributed by atoms with E-state index in [2.05, 4.69) is 20.0 Å². The molecule has 1 spiro atoms. The Hall–Kier alpha value is -1.66. The molecule has 2 aliphatic rings. The molecular weight excluding hydrogens is 280 g/mol. The van der Waals surface area contributed by atoms with E-state index in [-0.39, 0.29) is 5.54 Å². The molecule has 22 heavy (non-hydrogen) atoms. The maximum Gasteiger partial charge on any atom is 0.138 e. The predicted octanol–water partition coefficient (Wildman–Crippen LogP) is 2.08. The van der Waals surface area contributed by atoms with Crippen LogP contribution in [0.2, 0.25) is 0 Å². The maximum atomic E-state index is 5.62. The molecule has 0 atom stereocenters. The summed E-state index contributed by atoms with van der Waals surface area (Å²) in [5.41, 5.74) is 4.70. The number of hydrogen-bond donors (Lipinski definition) is 1. The molecule has 2 aromatic heterocycles. The Morgan fingerprint density at radius 2 is 2.14 bits per heavy atom. The van der Waals surface area contributed by atoms with Gasteiger partial charge in [0.2, 0.25) is 0 Å². The molecule has 1 N–H and O–H groups in total. The fourth-order valence-electron chi connectivity index (χ4n) is 3.93. The summed E-state index contributed by atoms with van der Waals surface area (Å²) < 4.78 is 11.0. The number of nitrogens with one attached hydrogen (secondary N) is 1. The highest BCUT2D eigenvalue weighted by molar-refractivity contribution is 5.28. The largest absolute Gasteiger partial charge is 0.381 e. The van der Waals surface area contributed by atoms with Crippen LogP contribution >= 0.6 is 0 Å². The zero-order valence-corrected chi connectivity index (χ0v) is 13.2. The highest BCUT2D eigenvalue weighted by Gasteiger charge is 2.45. The molecule has 118 valence electrons. The number of hydrogen-bond acceptors (Lipinski definition) is 5. The summed E-state index contributed by atoms with van der Waals surface area (Å²) in [4.78, 5) is 10.5. The summed E-state index contributed by atoms with van der Waals surface area (Å²) in [5.74, 6) is 0.924. The average Bonchev–Trinajstić information content (AvgIpc) is 3.13. The van der Waals surface area contributed by atoms with Gasteiger partial charge in [-0.3, -0.25) is 4.90 Å². The van der Waals surface area contributed by atoms with Crippen LogP contribution in [0.25, 0.3) is 0 Å². The number of aryl methyl sites for hydroxylation is 2. The molecule has 0 radical (unpaired) electrons. The van der Waals surface area contributed by atoms with Crippen molar-refractivity contribution in [3.63, 3.8) is 0 Å². The second kappa shape index (κ2) is 5.21. The molecule has 0 saturated carbocycles. The quantitative estimate of drug-likeness (QED) is 0.920. The van der Waals surface area contributed by atoms with E-state index >= 15 is 0 Å². The van der Waals surface area contributed by atoms with Crippen molar-refractivity contribution in [1.82, 2.24) is 20.0 Å². The maximum absolute atomic E-state index is 5.62. The first-order chi connectivity index (χ1) is 10.7. The number of aromatic amines is 1. The van der Waals surface area contributed by atoms with Crippen molar-refractivity contribution in [3.05, 3.63) is 34.7 Å². The Kier molecular flexibility index (Phi) is 3.31. The van der Waals surface area contributed by atoms with Crippen LogP contribution in [0.3, 0.4) is 0 Å². The molecule has 1 fully saturated rings. The number of ether oxygens (including phenoxy) is 1. The summed E-state index contributed by atoms with van der Waals surface area (Å²) in [6.45, 7) is 7.50. The van der Waals surface area contributed by atoms with E-state index in [4.69, 9.17) is 9.26 Å². The van der Waals surface area contributed by atoms with Crippen molar-refractivity contribution in [2.45, 2.75) is 45.2 Å². The van der Waals surface area contributed by atoms with Gasteiger partial charge in [-0.25, -0.2) is 4.98 Å². The van der Waals surface area contributed by atoms with Crippen molar-refractivity contribution in [1.29, 1.82) is 0 Å². The number of rotatable bonds is 2. The first-order valence-electron chi connectivity index (χ1n) is 7.98. The lowest BCUT2D eigenvalue weighted by molar-refractivity contribution is -0.0452. The van der Waals surface area contributed by atoms with Crippen molar-refractivity contribution in [3.8, 4) is 0 Å². The van der Waals surface area contributed by atoms with Gasteiger partial charge in [-0.2, -0.15) is 0 Å². The number of imidazole rings is 1. The molecule has 0 amide bonds. The fourth-order valence-corrected chi connectivity index (χ4v) is 3.93. The summed E-state index contributed by atoms with van der Waals surface area (Å²) in [6, 6.07) is 0. The average molecular weight is 302 g/mol. The monoisotopic (exact) mass is 302 g/mol. The van der Waals surface area contributed by atoms with E-state index in [1.165, 1.54) is 17.0 Å². The lowest BCUT2D eigenvalue weighted by Crippen LogP contribution is -2.53. The highest BCUT2D eigenvalue weighted by atomic mass is 16.5. The van der Waals surface area contributed by atoms with E-state index in [1.54, 1.807) is 0 Å². The van der Waals surface area contributed by atoms with Crippen LogP contribution in [-0.2, 0) is 23.2 Å². The van der Waals surface area contributed by atoms with Crippen LogP contribution in [0.4, 0.5) is 0 Å². The van der Waals surface area contributed by atoms with Gasteiger partial charge < -0.3 is 14.2 Å². The van der Waals surface area contributed by atoms with E-state index in [0.29, 0.717) is 0 Å². The van der Waals surface area contributed by atoms with Crippen molar-refractivity contribution >= 4 is 0 Å². The molecule has 6 nitrogen and oxygen atoms in total. The second-order valence-electron chi connectivity index (χ2n) is 6.35. The molecule has 0 unspecified atom stereocenters. The number of aromatic nitrogens is 3. The molecule has 2 aromatic rings. The number of nitrogens with zero attached hydrogens (tertiary/aromatic N) is 3. The first kappa shape index (κ1) is 14.0. The molecular formula is C16H22N4O2. The van der Waals surface area contributed by atoms with Gasteiger partial charge in [0.05, 0.1) is 23.3 Å². The smallest absolute Gasteiger partial charge is 0.138 e. The van der Waals surface area contributed by atoms with E-state index in [1.807, 2.05) is 20.2 Å². The number of fused-ring (bicyclic) bond motifs is 2. The third-order valence-corrected chi connectivity index (χ3v) is 5.25. The summed E-state index contributed by atoms with van der Waals surface area (Å²) in [6.07, 6.45) is 4.84. The molecule has 6 heteroatoms. The minimum atomic E-state index is -0.0119. The van der Waals surface area contributed by atoms with Crippen LogP contribution in [0.15, 0.2) is 10.9 Å². The fraction of sp³-hybridized carbons (Fsp3) is 0.625. The van der Waals surface area contributed by atoms with Crippen molar-refractivity contribution < 1.29 is 9.26 Å². The normalized spacial score (nSPS) is 21.2. The Morgan fingerprint density at radius 1 is 1.32 bits per heavy atom. The van der Waals surface area contributed by atoms with Crippen molar-refractivity contribution in [2.24, 2.45) is 0 Å². The topological polar surface area (TPSA) is 67.2 Å². The van der Waals surface area contributed by atoms with Gasteiger partial charge in [-0.05, 0) is 26.7 Å². The highest BCUT2D eigenvalue weighted by Crippen LogP contribution is 2.42. The van der Waals surface area contributed by atoms with Gasteiger partial charge in [0.1, 0.15) is 5.76 Å². The third kappa shape index (κ3) is 2.01. The van der Waals surface area contributed by atoms with Crippen LogP contribution in [0.5, 0.6) is 0 Å². The zero-order chi connectivity index (χ0) is 15.2. The summed E-state index contributed by atoms with van der Waals surface area (Å²) in [7, 11) is 0. The minimum absolute atomic E-state index is 0.0119. The molecule has 2 aliphatic heterocycles. The van der Waals surface area contributed by atoms with E-state index in [0.717, 1.165) is 57.0 Å². The van der Waals surface area contributed by atoms with Gasteiger partial charge in [0.25, 0.3) is 0 Å². The van der Waals surface area contributed by atoms with Gasteiger partial charge in [-0.15, -0.1) is 0 Å². The summed E-state index contributed by atoms with van der Waals surface area (Å²) in [5, 5.41) is 4.10. The minimum Gasteiger partial charge on any atom is -0.381 e. The van der Waals surface area contributed by atoms with Crippen LogP contribution in [0, 0.1) is 13.8 Å². The Labute approximate surface area is 129 Å². The van der Waals surface area contributed by atoms with Gasteiger partial charge in [0.15, 0.2) is 0 Å². The van der Waals surface area contributed by atoms with E-state index < -0.39 is 0 Å². The number of H-pyrrole nitrogens is 1. The standard InChI is InChI=1S/C16H22N4O2/c1-11-13(12(2)22-19-11)9-20-6-3-14-15(18-10-17-14)16(20)4-7-21-8-5-16/h10H,3-9H2,1-2H3,(H,17,18). The van der Waals surface area contributed by atoms with Gasteiger partial charge >= 0.3 is 0 Å². The third-order valence-electron chi connectivity index (χ3n) is 5.25. The molecule has 0 bridgehead atoms. The zero-order valence-electron chi connectivity index (χ0n) is 13.2. The lowest BCUT2D eigenvalue weighted by Gasteiger charge is -2.48.